The van der Waals surface area contributed by atoms with Gasteiger partial charge in [-0.2, -0.15) is 0 Å². The molecule has 0 aliphatic rings. The van der Waals surface area contributed by atoms with Gasteiger partial charge >= 0.3 is 7.60 Å². The molecule has 0 amide bonds. The zero-order valence-electron chi connectivity index (χ0n) is 3.46. The van der Waals surface area contributed by atoms with Crippen molar-refractivity contribution in [3.8, 4) is 0 Å². The molecule has 0 atom stereocenters. The van der Waals surface area contributed by atoms with E-state index in [4.69, 9.17) is 9.79 Å². The molecule has 5 heteroatoms. The van der Waals surface area contributed by atoms with Gasteiger partial charge in [0.05, 0.1) is 0 Å². The molecule has 0 aromatic carbocycles. The summed E-state index contributed by atoms with van der Waals surface area (Å²) in [5, 5.41) is 0. The van der Waals surface area contributed by atoms with E-state index in [0.29, 0.717) is 0 Å². The van der Waals surface area contributed by atoms with Crippen molar-refractivity contribution in [3.05, 3.63) is 0 Å². The first-order chi connectivity index (χ1) is 2.56. The fourth-order valence-electron chi connectivity index (χ4n) is 0. The summed E-state index contributed by atoms with van der Waals surface area (Å²) in [7, 11) is -3.65. The predicted octanol–water partition coefficient (Wildman–Crippen LogP) is -1.000. The molecule has 0 heterocycles. The second-order valence-electron chi connectivity index (χ2n) is 0.981. The van der Waals surface area contributed by atoms with Crippen molar-refractivity contribution in [1.29, 1.82) is 0 Å². The molecule has 0 radical (unpaired) electrons. The predicted molar refractivity (Wildman–Crippen MR) is 32.5 cm³/mol. The molecular weight excluding hydrogens is 130 g/mol. The Morgan fingerprint density at radius 2 is 1.71 bits per heavy atom. The molecule has 0 fully saturated rings. The van der Waals surface area contributed by atoms with E-state index in [0.717, 1.165) is 0 Å². The van der Waals surface area contributed by atoms with Gasteiger partial charge in [-0.05, 0) is 0 Å². The third kappa shape index (κ3) is 10.8. The van der Waals surface area contributed by atoms with E-state index in [2.05, 4.69) is 0 Å². The van der Waals surface area contributed by atoms with Crippen LogP contribution in [0.3, 0.4) is 0 Å². The van der Waals surface area contributed by atoms with Gasteiger partial charge in [0.2, 0.25) is 0 Å². The zero-order chi connectivity index (χ0) is 5.21. The molecule has 0 aromatic heterocycles. The summed E-state index contributed by atoms with van der Waals surface area (Å²) in [5.74, 6) is 0. The molecular formula is C2H10AlO3P. The molecule has 2 N–H and O–H groups in total. The second-order valence-corrected chi connectivity index (χ2v) is 2.94. The van der Waals surface area contributed by atoms with Crippen molar-refractivity contribution in [1.82, 2.24) is 0 Å². The van der Waals surface area contributed by atoms with Gasteiger partial charge in [0.25, 0.3) is 0 Å². The fourth-order valence-corrected chi connectivity index (χ4v) is 0. The lowest BCUT2D eigenvalue weighted by Gasteiger charge is -1.92. The zero-order valence-corrected chi connectivity index (χ0v) is 4.35. The first kappa shape index (κ1) is 10.6. The number of rotatable bonds is 1. The minimum absolute atomic E-state index is 0. The molecule has 0 aliphatic heterocycles. The van der Waals surface area contributed by atoms with E-state index in [1.807, 2.05) is 0 Å². The third-order valence-electron chi connectivity index (χ3n) is 0.412. The molecule has 0 aromatic rings. The van der Waals surface area contributed by atoms with Gasteiger partial charge in [-0.3, -0.25) is 4.57 Å². The van der Waals surface area contributed by atoms with E-state index in [9.17, 15) is 4.57 Å². The van der Waals surface area contributed by atoms with E-state index in [1.165, 1.54) is 6.92 Å². The summed E-state index contributed by atoms with van der Waals surface area (Å²) in [6.45, 7) is 1.45. The van der Waals surface area contributed by atoms with Crippen LogP contribution in [0.1, 0.15) is 6.92 Å². The van der Waals surface area contributed by atoms with Crippen LogP contribution in [-0.4, -0.2) is 33.3 Å². The molecule has 3 nitrogen and oxygen atoms in total. The van der Waals surface area contributed by atoms with E-state index in [-0.39, 0.29) is 23.5 Å². The van der Waals surface area contributed by atoms with Crippen LogP contribution in [0, 0.1) is 0 Å². The normalized spacial score (nSPS) is 10.1. The van der Waals surface area contributed by atoms with E-state index in [1.54, 1.807) is 0 Å². The third-order valence-corrected chi connectivity index (χ3v) is 1.24. The van der Waals surface area contributed by atoms with Crippen LogP contribution in [0.4, 0.5) is 0 Å². The van der Waals surface area contributed by atoms with Gasteiger partial charge in [0.15, 0.2) is 17.4 Å². The van der Waals surface area contributed by atoms with Crippen LogP contribution in [0.25, 0.3) is 0 Å². The van der Waals surface area contributed by atoms with Crippen LogP contribution in [0.5, 0.6) is 0 Å². The first-order valence-corrected chi connectivity index (χ1v) is 3.40. The lowest BCUT2D eigenvalue weighted by Crippen LogP contribution is -1.76. The SMILES string of the molecule is CCP(=O)(O)O.[AlH3]. The van der Waals surface area contributed by atoms with Crippen molar-refractivity contribution < 1.29 is 14.4 Å². The Morgan fingerprint density at radius 3 is 1.71 bits per heavy atom. The van der Waals surface area contributed by atoms with Gasteiger partial charge in [0, 0.05) is 6.16 Å². The Labute approximate surface area is 53.0 Å². The smallest absolute Gasteiger partial charge is 0.324 e. The highest BCUT2D eigenvalue weighted by molar-refractivity contribution is 7.51. The van der Waals surface area contributed by atoms with Gasteiger partial charge in [-0.15, -0.1) is 0 Å². The Kier molecular flexibility index (Phi) is 5.55. The molecule has 0 saturated heterocycles. The number of hydrogen-bond acceptors (Lipinski definition) is 1. The van der Waals surface area contributed by atoms with Crippen LogP contribution >= 0.6 is 7.60 Å². The van der Waals surface area contributed by atoms with Gasteiger partial charge in [-0.25, -0.2) is 0 Å². The summed E-state index contributed by atoms with van der Waals surface area (Å²) < 4.78 is 9.69. The Morgan fingerprint density at radius 1 is 1.57 bits per heavy atom. The van der Waals surface area contributed by atoms with Crippen LogP contribution in [0.15, 0.2) is 0 Å². The maximum absolute atomic E-state index is 9.69. The number of hydrogen-bond donors (Lipinski definition) is 2. The highest BCUT2D eigenvalue weighted by atomic mass is 31.2. The quantitative estimate of drug-likeness (QED) is 0.363. The Balaban J connectivity index is 0. The molecule has 0 aliphatic carbocycles. The monoisotopic (exact) mass is 140 g/mol. The lowest BCUT2D eigenvalue weighted by atomic mass is 11.0. The summed E-state index contributed by atoms with van der Waals surface area (Å²) >= 11 is 0. The first-order valence-electron chi connectivity index (χ1n) is 1.61. The standard InChI is InChI=1S/C2H7O3P.Al.3H/c1-2-6(3,4)5;;;;/h2H2,1H3,(H2,3,4,5);;;;. The van der Waals surface area contributed by atoms with Crippen molar-refractivity contribution in [2.24, 2.45) is 0 Å². The topological polar surface area (TPSA) is 57.5 Å². The van der Waals surface area contributed by atoms with Crippen LogP contribution in [-0.2, 0) is 4.57 Å². The Hall–Kier alpha value is 0.682. The molecule has 44 valence electrons. The highest BCUT2D eigenvalue weighted by Crippen LogP contribution is 2.32. The lowest BCUT2D eigenvalue weighted by molar-refractivity contribution is 0.375. The highest BCUT2D eigenvalue weighted by Gasteiger charge is 2.05. The summed E-state index contributed by atoms with van der Waals surface area (Å²) in [6, 6.07) is 0. The molecule has 0 spiro atoms. The van der Waals surface area contributed by atoms with Crippen molar-refractivity contribution in [3.63, 3.8) is 0 Å². The van der Waals surface area contributed by atoms with Gasteiger partial charge < -0.3 is 9.79 Å². The fraction of sp³-hybridized carbons (Fsp3) is 1.00. The molecule has 0 rings (SSSR count). The van der Waals surface area contributed by atoms with E-state index >= 15 is 0 Å². The van der Waals surface area contributed by atoms with Crippen molar-refractivity contribution >= 4 is 25.0 Å². The summed E-state index contributed by atoms with van der Waals surface area (Å²) in [6.07, 6.45) is -0.0625. The Bertz CT molecular complexity index is 77.0. The maximum atomic E-state index is 9.69. The average Bonchev–Trinajstić information content (AvgIpc) is 1.35. The van der Waals surface area contributed by atoms with Crippen molar-refractivity contribution in [2.75, 3.05) is 6.16 Å². The van der Waals surface area contributed by atoms with Crippen LogP contribution in [0.2, 0.25) is 0 Å². The summed E-state index contributed by atoms with van der Waals surface area (Å²) in [5.41, 5.74) is 0. The summed E-state index contributed by atoms with van der Waals surface area (Å²) in [4.78, 5) is 15.9. The molecule has 0 bridgehead atoms. The van der Waals surface area contributed by atoms with Gasteiger partial charge in [0.1, 0.15) is 0 Å². The van der Waals surface area contributed by atoms with Crippen LogP contribution < -0.4 is 0 Å². The van der Waals surface area contributed by atoms with E-state index < -0.39 is 7.60 Å². The molecule has 0 saturated carbocycles. The molecule has 0 unspecified atom stereocenters. The average molecular weight is 140 g/mol. The van der Waals surface area contributed by atoms with Crippen molar-refractivity contribution in [2.45, 2.75) is 6.92 Å². The second kappa shape index (κ2) is 3.66. The largest absolute Gasteiger partial charge is 0.325 e. The minimum atomic E-state index is -3.65. The molecule has 7 heavy (non-hydrogen) atoms. The minimum Gasteiger partial charge on any atom is -0.324 e. The van der Waals surface area contributed by atoms with Gasteiger partial charge in [-0.1, -0.05) is 6.92 Å². The maximum Gasteiger partial charge on any atom is 0.325 e.